The molecule has 0 radical (unpaired) electrons. The van der Waals surface area contributed by atoms with Crippen molar-refractivity contribution in [3.63, 3.8) is 0 Å². The van der Waals surface area contributed by atoms with E-state index in [1.165, 1.54) is 7.11 Å². The van der Waals surface area contributed by atoms with Crippen molar-refractivity contribution in [2.75, 3.05) is 7.11 Å². The van der Waals surface area contributed by atoms with Gasteiger partial charge in [-0.1, -0.05) is 0 Å². The summed E-state index contributed by atoms with van der Waals surface area (Å²) in [4.78, 5) is 42.2. The highest BCUT2D eigenvalue weighted by molar-refractivity contribution is 5.96. The fraction of sp³-hybridized carbons (Fsp3) is 0.0667. The maximum absolute atomic E-state index is 12.1. The minimum absolute atomic E-state index is 0.165. The highest BCUT2D eigenvalue weighted by atomic mass is 16.6. The Morgan fingerprint density at radius 3 is 2.00 bits per heavy atom. The van der Waals surface area contributed by atoms with Gasteiger partial charge in [-0.15, -0.1) is 0 Å². The van der Waals surface area contributed by atoms with Crippen LogP contribution in [0.2, 0.25) is 0 Å². The smallest absolute Gasteiger partial charge is 0.277 e. The number of ether oxygens (including phenoxy) is 1. The summed E-state index contributed by atoms with van der Waals surface area (Å²) in [5, 5.41) is 46.1. The molecule has 2 aromatic carbocycles. The summed E-state index contributed by atoms with van der Waals surface area (Å²) in [5.41, 5.74) is -0.381. The zero-order valence-electron chi connectivity index (χ0n) is 14.5. The number of amides is 1. The third kappa shape index (κ3) is 4.76. The topological polar surface area (TPSA) is 200 Å². The van der Waals surface area contributed by atoms with Gasteiger partial charge >= 0.3 is 0 Å². The minimum Gasteiger partial charge on any atom is -0.504 e. The lowest BCUT2D eigenvalue weighted by Crippen LogP contribution is -2.18. The van der Waals surface area contributed by atoms with Crippen molar-refractivity contribution >= 4 is 29.2 Å². The van der Waals surface area contributed by atoms with Crippen molar-refractivity contribution in [2.24, 2.45) is 5.10 Å². The van der Waals surface area contributed by atoms with Crippen LogP contribution < -0.4 is 10.2 Å². The molecule has 0 heterocycles. The molecule has 1 amide bonds. The molecule has 2 rings (SSSR count). The van der Waals surface area contributed by atoms with E-state index in [4.69, 9.17) is 4.74 Å². The number of nitro benzene ring substituents is 3. The van der Waals surface area contributed by atoms with Crippen LogP contribution in [0.3, 0.4) is 0 Å². The molecule has 0 bridgehead atoms. The van der Waals surface area contributed by atoms with Gasteiger partial charge in [0.1, 0.15) is 0 Å². The first kappa shape index (κ1) is 20.7. The molecule has 2 aromatic rings. The Morgan fingerprint density at radius 2 is 1.52 bits per heavy atom. The summed E-state index contributed by atoms with van der Waals surface area (Å²) in [7, 11) is 1.18. The van der Waals surface area contributed by atoms with E-state index >= 15 is 0 Å². The predicted octanol–water partition coefficient (Wildman–Crippen LogP) is 1.89. The summed E-state index contributed by atoms with van der Waals surface area (Å²) in [5.74, 6) is -1.71. The number of carbonyl (C=O) groups excluding carboxylic acids is 1. The number of hydrogen-bond donors (Lipinski definition) is 2. The Balaban J connectivity index is 2.31. The van der Waals surface area contributed by atoms with Crippen molar-refractivity contribution in [2.45, 2.75) is 0 Å². The van der Waals surface area contributed by atoms with Gasteiger partial charge in [-0.3, -0.25) is 35.1 Å². The summed E-state index contributed by atoms with van der Waals surface area (Å²) in [6.07, 6.45) is 0.870. The molecule has 0 aliphatic heterocycles. The van der Waals surface area contributed by atoms with E-state index in [-0.39, 0.29) is 11.3 Å². The van der Waals surface area contributed by atoms with Gasteiger partial charge in [-0.25, -0.2) is 5.43 Å². The fourth-order valence-electron chi connectivity index (χ4n) is 2.14. The van der Waals surface area contributed by atoms with Gasteiger partial charge in [-0.05, 0) is 0 Å². The van der Waals surface area contributed by atoms with Crippen LogP contribution in [0.5, 0.6) is 11.5 Å². The van der Waals surface area contributed by atoms with Gasteiger partial charge in [0.05, 0.1) is 45.8 Å². The molecule has 29 heavy (non-hydrogen) atoms. The highest BCUT2D eigenvalue weighted by Crippen LogP contribution is 2.33. The number of hydrazone groups is 1. The molecule has 0 aromatic heterocycles. The first-order chi connectivity index (χ1) is 13.6. The Morgan fingerprint density at radius 1 is 1.00 bits per heavy atom. The van der Waals surface area contributed by atoms with E-state index < -0.39 is 49.1 Å². The van der Waals surface area contributed by atoms with Gasteiger partial charge in [-0.2, -0.15) is 5.10 Å². The second kappa shape index (κ2) is 8.38. The summed E-state index contributed by atoms with van der Waals surface area (Å²) >= 11 is 0. The van der Waals surface area contributed by atoms with Crippen molar-refractivity contribution in [3.05, 3.63) is 71.8 Å². The Bertz CT molecular complexity index is 1020. The lowest BCUT2D eigenvalue weighted by Gasteiger charge is -2.06. The SMILES string of the molecule is COc1cc([N+](=O)[O-])cc(/C=N\NC(=O)c2cc([N+](=O)[O-])cc([N+](=O)[O-])c2)c1O. The third-order valence-corrected chi connectivity index (χ3v) is 3.48. The molecule has 0 fully saturated rings. The molecule has 0 unspecified atom stereocenters. The lowest BCUT2D eigenvalue weighted by molar-refractivity contribution is -0.394. The summed E-state index contributed by atoms with van der Waals surface area (Å²) < 4.78 is 4.81. The fourth-order valence-corrected chi connectivity index (χ4v) is 2.14. The second-order valence-corrected chi connectivity index (χ2v) is 5.29. The van der Waals surface area contributed by atoms with Crippen LogP contribution in [0.4, 0.5) is 17.1 Å². The van der Waals surface area contributed by atoms with Crippen LogP contribution in [0.25, 0.3) is 0 Å². The third-order valence-electron chi connectivity index (χ3n) is 3.48. The largest absolute Gasteiger partial charge is 0.504 e. The average Bonchev–Trinajstić information content (AvgIpc) is 2.68. The van der Waals surface area contributed by atoms with Crippen molar-refractivity contribution in [1.29, 1.82) is 0 Å². The standard InChI is InChI=1S/C15H11N5O9/c1-29-13-6-12(20(27)28)4-9(14(13)21)7-16-17-15(22)8-2-10(18(23)24)5-11(3-8)19(25)26/h2-7,21H,1H3,(H,17,22)/b16-7-. The molecule has 0 spiro atoms. The van der Waals surface area contributed by atoms with E-state index in [1.807, 2.05) is 5.43 Å². The van der Waals surface area contributed by atoms with Gasteiger partial charge < -0.3 is 9.84 Å². The molecule has 0 aliphatic carbocycles. The van der Waals surface area contributed by atoms with Crippen LogP contribution in [-0.2, 0) is 0 Å². The van der Waals surface area contributed by atoms with E-state index in [2.05, 4.69) is 5.10 Å². The Hall–Kier alpha value is -4.62. The minimum atomic E-state index is -1.02. The maximum Gasteiger partial charge on any atom is 0.277 e. The second-order valence-electron chi connectivity index (χ2n) is 5.29. The first-order valence-electron chi connectivity index (χ1n) is 7.46. The average molecular weight is 405 g/mol. The number of nitrogens with one attached hydrogen (secondary N) is 1. The monoisotopic (exact) mass is 405 g/mol. The van der Waals surface area contributed by atoms with Crippen molar-refractivity contribution < 1.29 is 29.4 Å². The highest BCUT2D eigenvalue weighted by Gasteiger charge is 2.20. The molecule has 2 N–H and O–H groups in total. The van der Waals surface area contributed by atoms with Crippen molar-refractivity contribution in [1.82, 2.24) is 5.43 Å². The van der Waals surface area contributed by atoms with Gasteiger partial charge in [0.25, 0.3) is 23.0 Å². The molecule has 0 saturated carbocycles. The number of nitro groups is 3. The van der Waals surface area contributed by atoms with E-state index in [0.29, 0.717) is 6.07 Å². The Kier molecular flexibility index (Phi) is 5.98. The number of carbonyl (C=O) groups is 1. The van der Waals surface area contributed by atoms with Crippen LogP contribution in [-0.4, -0.2) is 39.1 Å². The van der Waals surface area contributed by atoms with Gasteiger partial charge in [0.2, 0.25) is 0 Å². The molecule has 14 heteroatoms. The number of aromatic hydroxyl groups is 1. The number of non-ortho nitro benzene ring substituents is 3. The lowest BCUT2D eigenvalue weighted by atomic mass is 10.1. The van der Waals surface area contributed by atoms with Crippen LogP contribution >= 0.6 is 0 Å². The summed E-state index contributed by atoms with van der Waals surface area (Å²) in [6.45, 7) is 0. The van der Waals surface area contributed by atoms with E-state index in [0.717, 1.165) is 30.5 Å². The number of phenolic OH excluding ortho intramolecular Hbond substituents is 1. The van der Waals surface area contributed by atoms with Gasteiger partial charge in [0, 0.05) is 23.8 Å². The van der Waals surface area contributed by atoms with Crippen LogP contribution in [0.15, 0.2) is 35.4 Å². The predicted molar refractivity (Wildman–Crippen MR) is 96.1 cm³/mol. The first-order valence-corrected chi connectivity index (χ1v) is 7.46. The van der Waals surface area contributed by atoms with Gasteiger partial charge in [0.15, 0.2) is 11.5 Å². The number of methoxy groups -OCH3 is 1. The molecule has 0 atom stereocenters. The number of hydrogen-bond acceptors (Lipinski definition) is 10. The molecule has 0 aliphatic rings. The zero-order chi connectivity index (χ0) is 21.7. The number of phenols is 1. The molecule has 0 saturated heterocycles. The van der Waals surface area contributed by atoms with Crippen molar-refractivity contribution in [3.8, 4) is 11.5 Å². The normalized spacial score (nSPS) is 10.5. The maximum atomic E-state index is 12.1. The molecule has 150 valence electrons. The van der Waals surface area contributed by atoms with E-state index in [1.54, 1.807) is 0 Å². The number of nitrogens with zero attached hydrogens (tertiary/aromatic N) is 4. The quantitative estimate of drug-likeness (QED) is 0.392. The number of rotatable bonds is 7. The summed E-state index contributed by atoms with van der Waals surface area (Å²) in [6, 6.07) is 4.25. The zero-order valence-corrected chi connectivity index (χ0v) is 14.5. The van der Waals surface area contributed by atoms with Crippen LogP contribution in [0, 0.1) is 30.3 Å². The molecular weight excluding hydrogens is 394 g/mol. The number of benzene rings is 2. The molecule has 14 nitrogen and oxygen atoms in total. The molecular formula is C15H11N5O9. The van der Waals surface area contributed by atoms with Crippen LogP contribution in [0.1, 0.15) is 15.9 Å². The Labute approximate surface area is 160 Å². The van der Waals surface area contributed by atoms with E-state index in [9.17, 15) is 40.2 Å².